The highest BCUT2D eigenvalue weighted by Gasteiger charge is 2.26. The van der Waals surface area contributed by atoms with E-state index in [0.717, 1.165) is 5.56 Å². The summed E-state index contributed by atoms with van der Waals surface area (Å²) in [6.07, 6.45) is -0.532. The fourth-order valence-electron chi connectivity index (χ4n) is 1.75. The number of urea groups is 1. The molecule has 6 N–H and O–H groups in total. The summed E-state index contributed by atoms with van der Waals surface area (Å²) in [5.41, 5.74) is 11.4. The summed E-state index contributed by atoms with van der Waals surface area (Å²) in [6, 6.07) is 7.89. The van der Waals surface area contributed by atoms with Gasteiger partial charge in [0.05, 0.1) is 12.7 Å². The third kappa shape index (κ3) is 6.24. The van der Waals surface area contributed by atoms with E-state index >= 15 is 0 Å². The zero-order valence-corrected chi connectivity index (χ0v) is 12.0. The number of benzene rings is 1. The maximum Gasteiger partial charge on any atom is 0.312 e. The first-order valence-corrected chi connectivity index (χ1v) is 6.74. The van der Waals surface area contributed by atoms with Crippen LogP contribution in [0.2, 0.25) is 0 Å². The molecule has 0 aliphatic carbocycles. The van der Waals surface area contributed by atoms with Crippen LogP contribution in [-0.4, -0.2) is 37.2 Å². The Hall–Kier alpha value is -2.12. The van der Waals surface area contributed by atoms with Gasteiger partial charge in [0.15, 0.2) is 0 Å². The molecule has 1 aromatic rings. The minimum atomic E-state index is -0.863. The van der Waals surface area contributed by atoms with E-state index in [1.54, 1.807) is 6.92 Å². The van der Waals surface area contributed by atoms with Gasteiger partial charge in [-0.05, 0) is 12.5 Å². The monoisotopic (exact) mass is 294 g/mol. The van der Waals surface area contributed by atoms with Crippen LogP contribution >= 0.6 is 0 Å². The van der Waals surface area contributed by atoms with Gasteiger partial charge in [-0.25, -0.2) is 4.79 Å². The number of hydrogen-bond donors (Lipinski definition) is 4. The zero-order chi connectivity index (χ0) is 15.7. The number of rotatable bonds is 8. The van der Waals surface area contributed by atoms with E-state index in [1.165, 1.54) is 0 Å². The molecule has 7 nitrogen and oxygen atoms in total. The minimum Gasteiger partial charge on any atom is -0.371 e. The molecular weight excluding hydrogens is 272 g/mol. The molecule has 21 heavy (non-hydrogen) atoms. The number of primary amides is 1. The average Bonchev–Trinajstić information content (AvgIpc) is 2.48. The first-order chi connectivity index (χ1) is 10.0. The Morgan fingerprint density at radius 1 is 1.29 bits per heavy atom. The molecule has 1 aromatic carbocycles. The van der Waals surface area contributed by atoms with Gasteiger partial charge in [-0.1, -0.05) is 30.3 Å². The van der Waals surface area contributed by atoms with Crippen LogP contribution in [0, 0.1) is 0 Å². The van der Waals surface area contributed by atoms with Crippen molar-refractivity contribution in [2.45, 2.75) is 25.7 Å². The number of hydrogen-bond acceptors (Lipinski definition) is 4. The predicted octanol–water partition coefficient (Wildman–Crippen LogP) is -0.296. The number of ether oxygens (including phenoxy) is 1. The van der Waals surface area contributed by atoms with Gasteiger partial charge in [-0.15, -0.1) is 0 Å². The second-order valence-corrected chi connectivity index (χ2v) is 4.57. The molecule has 2 atom stereocenters. The van der Waals surface area contributed by atoms with Crippen LogP contribution in [0.5, 0.6) is 0 Å². The van der Waals surface area contributed by atoms with E-state index in [1.807, 2.05) is 30.3 Å². The Kier molecular flexibility index (Phi) is 7.20. The van der Waals surface area contributed by atoms with Crippen molar-refractivity contribution in [1.29, 1.82) is 0 Å². The van der Waals surface area contributed by atoms with Crippen molar-refractivity contribution < 1.29 is 14.3 Å². The summed E-state index contributed by atoms with van der Waals surface area (Å²) < 4.78 is 5.63. The van der Waals surface area contributed by atoms with Gasteiger partial charge in [0.1, 0.15) is 6.04 Å². The van der Waals surface area contributed by atoms with Crippen molar-refractivity contribution in [3.63, 3.8) is 0 Å². The van der Waals surface area contributed by atoms with Crippen LogP contribution in [-0.2, 0) is 16.1 Å². The molecular formula is C14H22N4O3. The number of carbonyl (C=O) groups excluding carboxylic acids is 2. The maximum atomic E-state index is 12.0. The van der Waals surface area contributed by atoms with Crippen molar-refractivity contribution in [2.24, 2.45) is 11.5 Å². The van der Waals surface area contributed by atoms with Gasteiger partial charge in [0, 0.05) is 13.1 Å². The van der Waals surface area contributed by atoms with Crippen LogP contribution < -0.4 is 22.1 Å². The standard InChI is InChI=1S/C14H22N4O3/c1-10(21-9-11-5-3-2-4-6-11)12(18-14(16)20)13(19)17-8-7-15/h2-6,10,12H,7-9,15H2,1H3,(H,17,19)(H3,16,18,20). The molecule has 0 aliphatic rings. The van der Waals surface area contributed by atoms with Crippen LogP contribution in [0.25, 0.3) is 0 Å². The lowest BCUT2D eigenvalue weighted by Gasteiger charge is -2.23. The molecule has 1 rings (SSSR count). The van der Waals surface area contributed by atoms with Gasteiger partial charge >= 0.3 is 6.03 Å². The Labute approximate surface area is 124 Å². The Bertz CT molecular complexity index is 453. The molecule has 0 aromatic heterocycles. The van der Waals surface area contributed by atoms with Crippen molar-refractivity contribution in [3.05, 3.63) is 35.9 Å². The van der Waals surface area contributed by atoms with Gasteiger partial charge in [-0.2, -0.15) is 0 Å². The van der Waals surface area contributed by atoms with Gasteiger partial charge in [0.25, 0.3) is 0 Å². The highest BCUT2D eigenvalue weighted by Crippen LogP contribution is 2.06. The summed E-state index contributed by atoms with van der Waals surface area (Å²) in [5.74, 6) is -0.375. The smallest absolute Gasteiger partial charge is 0.312 e. The van der Waals surface area contributed by atoms with Crippen LogP contribution in [0.15, 0.2) is 30.3 Å². The summed E-state index contributed by atoms with van der Waals surface area (Å²) in [5, 5.41) is 4.99. The molecule has 0 radical (unpaired) electrons. The van der Waals surface area contributed by atoms with Crippen molar-refractivity contribution in [3.8, 4) is 0 Å². The Morgan fingerprint density at radius 3 is 2.52 bits per heavy atom. The van der Waals surface area contributed by atoms with E-state index in [4.69, 9.17) is 16.2 Å². The highest BCUT2D eigenvalue weighted by atomic mass is 16.5. The van der Waals surface area contributed by atoms with E-state index < -0.39 is 18.2 Å². The molecule has 0 fully saturated rings. The minimum absolute atomic E-state index is 0.314. The van der Waals surface area contributed by atoms with Crippen LogP contribution in [0.4, 0.5) is 4.79 Å². The largest absolute Gasteiger partial charge is 0.371 e. The lowest BCUT2D eigenvalue weighted by molar-refractivity contribution is -0.126. The van der Waals surface area contributed by atoms with E-state index in [0.29, 0.717) is 19.7 Å². The summed E-state index contributed by atoms with van der Waals surface area (Å²) in [4.78, 5) is 23.0. The van der Waals surface area contributed by atoms with Gasteiger partial charge in [-0.3, -0.25) is 4.79 Å². The SMILES string of the molecule is CC(OCc1ccccc1)C(NC(N)=O)C(=O)NCCN. The summed E-state index contributed by atoms with van der Waals surface area (Å²) >= 11 is 0. The highest BCUT2D eigenvalue weighted by molar-refractivity contribution is 5.87. The molecule has 2 unspecified atom stereocenters. The molecule has 0 spiro atoms. The Morgan fingerprint density at radius 2 is 1.95 bits per heavy atom. The number of amides is 3. The van der Waals surface area contributed by atoms with E-state index in [9.17, 15) is 9.59 Å². The van der Waals surface area contributed by atoms with Crippen molar-refractivity contribution in [2.75, 3.05) is 13.1 Å². The third-order valence-electron chi connectivity index (χ3n) is 2.85. The average molecular weight is 294 g/mol. The second kappa shape index (κ2) is 8.93. The lowest BCUT2D eigenvalue weighted by atomic mass is 10.1. The van der Waals surface area contributed by atoms with Crippen LogP contribution in [0.1, 0.15) is 12.5 Å². The Balaban J connectivity index is 2.59. The number of nitrogens with one attached hydrogen (secondary N) is 2. The molecule has 0 aliphatic heterocycles. The maximum absolute atomic E-state index is 12.0. The molecule has 0 saturated carbocycles. The first kappa shape index (κ1) is 16.9. The lowest BCUT2D eigenvalue weighted by Crippen LogP contribution is -2.55. The van der Waals surface area contributed by atoms with Crippen LogP contribution in [0.3, 0.4) is 0 Å². The summed E-state index contributed by atoms with van der Waals surface area (Å²) in [6.45, 7) is 2.67. The third-order valence-corrected chi connectivity index (χ3v) is 2.85. The normalized spacial score (nSPS) is 13.2. The zero-order valence-electron chi connectivity index (χ0n) is 12.0. The van der Waals surface area contributed by atoms with E-state index in [-0.39, 0.29) is 5.91 Å². The summed E-state index contributed by atoms with van der Waals surface area (Å²) in [7, 11) is 0. The van der Waals surface area contributed by atoms with Gasteiger partial charge < -0.3 is 26.8 Å². The molecule has 3 amide bonds. The molecule has 0 heterocycles. The van der Waals surface area contributed by atoms with Crippen molar-refractivity contribution in [1.82, 2.24) is 10.6 Å². The molecule has 116 valence electrons. The van der Waals surface area contributed by atoms with E-state index in [2.05, 4.69) is 10.6 Å². The number of nitrogens with two attached hydrogens (primary N) is 2. The molecule has 0 saturated heterocycles. The van der Waals surface area contributed by atoms with Gasteiger partial charge in [0.2, 0.25) is 5.91 Å². The fourth-order valence-corrected chi connectivity index (χ4v) is 1.75. The fraction of sp³-hybridized carbons (Fsp3) is 0.429. The first-order valence-electron chi connectivity index (χ1n) is 6.74. The number of carbonyl (C=O) groups is 2. The second-order valence-electron chi connectivity index (χ2n) is 4.57. The molecule has 7 heteroatoms. The predicted molar refractivity (Wildman–Crippen MR) is 79.3 cm³/mol. The van der Waals surface area contributed by atoms with Crippen molar-refractivity contribution >= 4 is 11.9 Å². The topological polar surface area (TPSA) is 119 Å². The molecule has 0 bridgehead atoms. The quantitative estimate of drug-likeness (QED) is 0.526.